The third-order valence-electron chi connectivity index (χ3n) is 11.8. The summed E-state index contributed by atoms with van der Waals surface area (Å²) >= 11 is 0. The molecule has 0 unspecified atom stereocenters. The summed E-state index contributed by atoms with van der Waals surface area (Å²) in [6, 6.07) is 64.6. The number of fused-ring (bicyclic) bond motifs is 5. The Morgan fingerprint density at radius 1 is 0.446 bits per heavy atom. The first-order valence-electron chi connectivity index (χ1n) is 19.6. The van der Waals surface area contributed by atoms with Crippen molar-refractivity contribution < 1.29 is 4.42 Å². The smallest absolute Gasteiger partial charge is 0.159 e. The van der Waals surface area contributed by atoms with E-state index in [4.69, 9.17) is 4.42 Å². The number of furan rings is 1. The second-order valence-corrected chi connectivity index (χ2v) is 26.0. The molecule has 8 aromatic carbocycles. The van der Waals surface area contributed by atoms with E-state index in [9.17, 15) is 0 Å². The standard InChI is InChI=1S/C51H44N2OSi2/c1-55(2,3)39-29-26-37(27-30-39)52(35-16-8-6-9-17-35)45-33-32-42-41-31-28-38(34-49(41)56(4,5)48-25-15-22-44(45)50(42)48)53(36-18-10-7-11-19-36)46-23-14-21-43-40-20-12-13-24-47(40)54-51(43)46/h6-34H,1-5H3. The van der Waals surface area contributed by atoms with Crippen molar-refractivity contribution in [1.82, 2.24) is 0 Å². The Hall–Kier alpha value is -6.15. The van der Waals surface area contributed by atoms with Gasteiger partial charge in [-0.2, -0.15) is 0 Å². The second kappa shape index (κ2) is 13.0. The first-order valence-corrected chi connectivity index (χ1v) is 26.1. The van der Waals surface area contributed by atoms with Crippen LogP contribution >= 0.6 is 0 Å². The molecular weight excluding hydrogens is 713 g/mol. The fourth-order valence-electron chi connectivity index (χ4n) is 8.93. The van der Waals surface area contributed by atoms with Crippen LogP contribution in [0.1, 0.15) is 0 Å². The SMILES string of the molecule is C[Si](C)(C)c1ccc(N(c2ccccc2)c2ccc3c4c(cccc24)[Si](C)(C)c2cc(N(c4ccccc4)c4cccc5c4oc4ccccc45)ccc2-3)cc1. The largest absolute Gasteiger partial charge is 0.454 e. The van der Waals surface area contributed by atoms with Crippen molar-refractivity contribution in [2.45, 2.75) is 32.7 Å². The molecule has 10 rings (SSSR count). The van der Waals surface area contributed by atoms with Gasteiger partial charge in [-0.1, -0.05) is 147 Å². The van der Waals surface area contributed by atoms with Crippen LogP contribution in [0.3, 0.4) is 0 Å². The van der Waals surface area contributed by atoms with E-state index in [-0.39, 0.29) is 0 Å². The normalized spacial score (nSPS) is 13.2. The van der Waals surface area contributed by atoms with Gasteiger partial charge in [-0.05, 0) is 93.6 Å². The van der Waals surface area contributed by atoms with Crippen LogP contribution in [0.4, 0.5) is 34.1 Å². The topological polar surface area (TPSA) is 19.6 Å². The van der Waals surface area contributed by atoms with Crippen LogP contribution in [-0.4, -0.2) is 16.1 Å². The molecule has 0 saturated heterocycles. The Morgan fingerprint density at radius 2 is 1.02 bits per heavy atom. The molecule has 3 nitrogen and oxygen atoms in total. The molecule has 0 bridgehead atoms. The first kappa shape index (κ1) is 34.4. The molecule has 0 aliphatic carbocycles. The Morgan fingerprint density at radius 3 is 1.73 bits per heavy atom. The molecule has 5 heteroatoms. The van der Waals surface area contributed by atoms with Crippen molar-refractivity contribution in [1.29, 1.82) is 0 Å². The number of hydrogen-bond acceptors (Lipinski definition) is 3. The van der Waals surface area contributed by atoms with Gasteiger partial charge in [0.1, 0.15) is 13.7 Å². The molecule has 0 N–H and O–H groups in total. The fraction of sp³-hybridized carbons (Fsp3) is 0.0980. The molecule has 1 aliphatic heterocycles. The lowest BCUT2D eigenvalue weighted by atomic mass is 9.95. The summed E-state index contributed by atoms with van der Waals surface area (Å²) in [6.45, 7) is 12.3. The molecule has 1 aliphatic rings. The van der Waals surface area contributed by atoms with Crippen molar-refractivity contribution in [2.24, 2.45) is 0 Å². The Bertz CT molecular complexity index is 2930. The predicted molar refractivity (Wildman–Crippen MR) is 246 cm³/mol. The molecule has 0 fully saturated rings. The van der Waals surface area contributed by atoms with Gasteiger partial charge in [0, 0.05) is 38.9 Å². The van der Waals surface area contributed by atoms with E-state index in [0.717, 1.165) is 44.7 Å². The third-order valence-corrected chi connectivity index (χ3v) is 17.4. The van der Waals surface area contributed by atoms with Crippen molar-refractivity contribution in [3.8, 4) is 11.1 Å². The van der Waals surface area contributed by atoms with Crippen LogP contribution in [-0.2, 0) is 0 Å². The molecular formula is C51H44N2OSi2. The molecule has 9 aromatic rings. The van der Waals surface area contributed by atoms with E-state index < -0.39 is 16.1 Å². The minimum Gasteiger partial charge on any atom is -0.454 e. The quantitative estimate of drug-likeness (QED) is 0.151. The zero-order chi connectivity index (χ0) is 38.2. The van der Waals surface area contributed by atoms with Crippen molar-refractivity contribution in [2.75, 3.05) is 9.80 Å². The van der Waals surface area contributed by atoms with Crippen LogP contribution in [0, 0.1) is 0 Å². The van der Waals surface area contributed by atoms with Crippen LogP contribution in [0.2, 0.25) is 32.7 Å². The lowest BCUT2D eigenvalue weighted by Gasteiger charge is -2.36. The van der Waals surface area contributed by atoms with Crippen LogP contribution in [0.25, 0.3) is 43.8 Å². The summed E-state index contributed by atoms with van der Waals surface area (Å²) in [5.74, 6) is 0. The lowest BCUT2D eigenvalue weighted by molar-refractivity contribution is 0.669. The average Bonchev–Trinajstić information content (AvgIpc) is 3.61. The molecule has 56 heavy (non-hydrogen) atoms. The van der Waals surface area contributed by atoms with E-state index in [1.54, 1.807) is 0 Å². The number of hydrogen-bond donors (Lipinski definition) is 0. The minimum atomic E-state index is -2.23. The predicted octanol–water partition coefficient (Wildman–Crippen LogP) is 13.0. The maximum atomic E-state index is 6.63. The van der Waals surface area contributed by atoms with Crippen LogP contribution in [0.5, 0.6) is 0 Å². The molecule has 0 atom stereocenters. The van der Waals surface area contributed by atoms with Crippen LogP contribution < -0.4 is 25.4 Å². The molecule has 0 amide bonds. The van der Waals surface area contributed by atoms with Gasteiger partial charge in [0.15, 0.2) is 5.58 Å². The summed E-state index contributed by atoms with van der Waals surface area (Å²) in [5, 5.41) is 9.32. The van der Waals surface area contributed by atoms with Crippen molar-refractivity contribution >= 4 is 98.5 Å². The Labute approximate surface area is 331 Å². The average molecular weight is 757 g/mol. The maximum absolute atomic E-state index is 6.63. The summed E-state index contributed by atoms with van der Waals surface area (Å²) in [6.07, 6.45) is 0. The molecule has 2 heterocycles. The zero-order valence-electron chi connectivity index (χ0n) is 32.5. The fourth-order valence-corrected chi connectivity index (χ4v) is 13.2. The van der Waals surface area contributed by atoms with Crippen molar-refractivity contribution in [3.05, 3.63) is 176 Å². The summed E-state index contributed by atoms with van der Waals surface area (Å²) in [7, 11) is -3.68. The first-order chi connectivity index (χ1) is 27.2. The van der Waals surface area contributed by atoms with Crippen molar-refractivity contribution in [3.63, 3.8) is 0 Å². The minimum absolute atomic E-state index is 0.896. The van der Waals surface area contributed by atoms with Crippen LogP contribution in [0.15, 0.2) is 180 Å². The van der Waals surface area contributed by atoms with Gasteiger partial charge in [0.2, 0.25) is 0 Å². The monoisotopic (exact) mass is 756 g/mol. The van der Waals surface area contributed by atoms with Gasteiger partial charge in [-0.3, -0.25) is 0 Å². The molecule has 0 saturated carbocycles. The van der Waals surface area contributed by atoms with E-state index >= 15 is 0 Å². The molecule has 0 radical (unpaired) electrons. The number of anilines is 6. The second-order valence-electron chi connectivity index (χ2n) is 16.6. The highest BCUT2D eigenvalue weighted by atomic mass is 28.3. The number of para-hydroxylation sites is 4. The number of nitrogens with zero attached hydrogens (tertiary/aromatic N) is 2. The van der Waals surface area contributed by atoms with Gasteiger partial charge < -0.3 is 14.2 Å². The molecule has 272 valence electrons. The number of benzene rings is 8. The van der Waals surface area contributed by atoms with E-state index in [0.29, 0.717) is 0 Å². The lowest BCUT2D eigenvalue weighted by Crippen LogP contribution is -2.56. The third kappa shape index (κ3) is 5.45. The van der Waals surface area contributed by atoms with Gasteiger partial charge >= 0.3 is 0 Å². The van der Waals surface area contributed by atoms with Gasteiger partial charge in [-0.25, -0.2) is 0 Å². The van der Waals surface area contributed by atoms with E-state index in [2.05, 4.69) is 212 Å². The Kier molecular flexibility index (Phi) is 7.96. The van der Waals surface area contributed by atoms with Gasteiger partial charge in [0.05, 0.1) is 19.4 Å². The highest BCUT2D eigenvalue weighted by Crippen LogP contribution is 2.46. The molecule has 0 spiro atoms. The highest BCUT2D eigenvalue weighted by Gasteiger charge is 2.37. The maximum Gasteiger partial charge on any atom is 0.159 e. The molecule has 1 aromatic heterocycles. The summed E-state index contributed by atoms with van der Waals surface area (Å²) in [4.78, 5) is 4.82. The summed E-state index contributed by atoms with van der Waals surface area (Å²) < 4.78 is 6.63. The Balaban J connectivity index is 1.16. The number of rotatable bonds is 7. The van der Waals surface area contributed by atoms with E-state index in [1.165, 1.54) is 48.8 Å². The van der Waals surface area contributed by atoms with E-state index in [1.807, 2.05) is 6.07 Å². The zero-order valence-corrected chi connectivity index (χ0v) is 34.5. The van der Waals surface area contributed by atoms with Gasteiger partial charge in [0.25, 0.3) is 0 Å². The van der Waals surface area contributed by atoms with Gasteiger partial charge in [-0.15, -0.1) is 0 Å². The highest BCUT2D eigenvalue weighted by molar-refractivity contribution is 7.03. The summed E-state index contributed by atoms with van der Waals surface area (Å²) in [5.41, 5.74) is 11.2.